The maximum Gasteiger partial charge on any atom is 0.190 e. The Kier molecular flexibility index (Phi) is 3.75. The average molecular weight is 250 g/mol. The van der Waals surface area contributed by atoms with E-state index in [-0.39, 0.29) is 0 Å². The van der Waals surface area contributed by atoms with Gasteiger partial charge in [-0.05, 0) is 30.3 Å². The first kappa shape index (κ1) is 12.1. The molecule has 2 aromatic heterocycles. The summed E-state index contributed by atoms with van der Waals surface area (Å²) in [6.45, 7) is 1.93. The molecule has 90 valence electrons. The lowest BCUT2D eigenvalue weighted by atomic mass is 10.2. The van der Waals surface area contributed by atoms with Gasteiger partial charge in [0, 0.05) is 18.1 Å². The molecule has 0 aliphatic heterocycles. The molecule has 0 aliphatic carbocycles. The van der Waals surface area contributed by atoms with E-state index in [1.807, 2.05) is 26.1 Å². The molecule has 6 heteroatoms. The maximum atomic E-state index is 9.63. The van der Waals surface area contributed by atoms with Crippen LogP contribution < -0.4 is 0 Å². The van der Waals surface area contributed by atoms with E-state index in [4.69, 9.17) is 0 Å². The Balaban J connectivity index is 2.11. The van der Waals surface area contributed by atoms with Crippen LogP contribution in [0.5, 0.6) is 0 Å². The van der Waals surface area contributed by atoms with Crippen molar-refractivity contribution >= 4 is 11.8 Å². The van der Waals surface area contributed by atoms with Crippen LogP contribution in [-0.4, -0.2) is 24.9 Å². The van der Waals surface area contributed by atoms with Crippen molar-refractivity contribution in [1.82, 2.24) is 19.7 Å². The number of pyridine rings is 1. The lowest BCUT2D eigenvalue weighted by molar-refractivity contribution is 0.169. The summed E-state index contributed by atoms with van der Waals surface area (Å²) in [4.78, 5) is 9.33. The maximum absolute atomic E-state index is 9.63. The van der Waals surface area contributed by atoms with Gasteiger partial charge in [0.2, 0.25) is 0 Å². The summed E-state index contributed by atoms with van der Waals surface area (Å²) in [7, 11) is 1.85. The normalized spacial score (nSPS) is 12.6. The minimum Gasteiger partial charge on any atom is -0.387 e. The first-order valence-corrected chi connectivity index (χ1v) is 6.18. The zero-order chi connectivity index (χ0) is 12.3. The number of nitrogens with zero attached hydrogens (tertiary/aromatic N) is 4. The summed E-state index contributed by atoms with van der Waals surface area (Å²) in [6.07, 6.45) is 3.45. The third-order valence-electron chi connectivity index (χ3n) is 2.37. The van der Waals surface area contributed by atoms with Gasteiger partial charge >= 0.3 is 0 Å². The smallest absolute Gasteiger partial charge is 0.190 e. The molecule has 1 unspecified atom stereocenters. The average Bonchev–Trinajstić information content (AvgIpc) is 2.75. The quantitative estimate of drug-likeness (QED) is 0.896. The summed E-state index contributed by atoms with van der Waals surface area (Å²) >= 11 is 1.49. The number of aryl methyl sites for hydroxylation is 1. The molecule has 2 rings (SSSR count). The van der Waals surface area contributed by atoms with E-state index in [1.165, 1.54) is 18.1 Å². The molecule has 0 saturated heterocycles. The SMILES string of the molecule is CCC(O)c1ccc(Sc2ncnn2C)cn1. The van der Waals surface area contributed by atoms with Crippen LogP contribution in [0.2, 0.25) is 0 Å². The van der Waals surface area contributed by atoms with Crippen LogP contribution in [0.25, 0.3) is 0 Å². The van der Waals surface area contributed by atoms with Gasteiger partial charge in [-0.25, -0.2) is 9.67 Å². The number of hydrogen-bond donors (Lipinski definition) is 1. The van der Waals surface area contributed by atoms with Gasteiger partial charge in [0.1, 0.15) is 6.33 Å². The number of aromatic nitrogens is 4. The lowest BCUT2D eigenvalue weighted by Gasteiger charge is -2.07. The molecule has 0 radical (unpaired) electrons. The monoisotopic (exact) mass is 250 g/mol. The second kappa shape index (κ2) is 5.29. The van der Waals surface area contributed by atoms with E-state index in [9.17, 15) is 5.11 Å². The first-order chi connectivity index (χ1) is 8.20. The van der Waals surface area contributed by atoms with E-state index in [0.717, 1.165) is 10.1 Å². The Hall–Kier alpha value is -1.40. The first-order valence-electron chi connectivity index (χ1n) is 5.36. The molecule has 5 nitrogen and oxygen atoms in total. The van der Waals surface area contributed by atoms with E-state index >= 15 is 0 Å². The van der Waals surface area contributed by atoms with Crippen molar-refractivity contribution in [2.24, 2.45) is 7.05 Å². The molecule has 17 heavy (non-hydrogen) atoms. The van der Waals surface area contributed by atoms with Crippen LogP contribution in [0.15, 0.2) is 34.7 Å². The summed E-state index contributed by atoms with van der Waals surface area (Å²) in [5.41, 5.74) is 0.704. The predicted octanol–water partition coefficient (Wildman–Crippen LogP) is 1.80. The third-order valence-corrected chi connectivity index (χ3v) is 3.40. The molecular weight excluding hydrogens is 236 g/mol. The molecule has 0 bridgehead atoms. The third kappa shape index (κ3) is 2.83. The minimum absolute atomic E-state index is 0.483. The number of aliphatic hydroxyl groups is 1. The van der Waals surface area contributed by atoms with Crippen molar-refractivity contribution in [3.63, 3.8) is 0 Å². The van der Waals surface area contributed by atoms with E-state index < -0.39 is 6.10 Å². The van der Waals surface area contributed by atoms with E-state index in [2.05, 4.69) is 15.1 Å². The zero-order valence-corrected chi connectivity index (χ0v) is 10.6. The molecule has 0 spiro atoms. The number of rotatable bonds is 4. The second-order valence-electron chi connectivity index (χ2n) is 3.61. The van der Waals surface area contributed by atoms with Crippen LogP contribution in [0, 0.1) is 0 Å². The predicted molar refractivity (Wildman–Crippen MR) is 64.6 cm³/mol. The molecule has 1 atom stereocenters. The van der Waals surface area contributed by atoms with Crippen LogP contribution in [-0.2, 0) is 7.05 Å². The van der Waals surface area contributed by atoms with E-state index in [1.54, 1.807) is 10.9 Å². The molecule has 2 heterocycles. The minimum atomic E-state index is -0.483. The molecular formula is C11H14N4OS. The molecule has 1 N–H and O–H groups in total. The van der Waals surface area contributed by atoms with Crippen LogP contribution in [0.3, 0.4) is 0 Å². The molecule has 0 fully saturated rings. The Morgan fingerprint density at radius 3 is 2.76 bits per heavy atom. The summed E-state index contributed by atoms with van der Waals surface area (Å²) in [6, 6.07) is 3.77. The second-order valence-corrected chi connectivity index (χ2v) is 4.65. The zero-order valence-electron chi connectivity index (χ0n) is 9.74. The summed E-state index contributed by atoms with van der Waals surface area (Å²) < 4.78 is 1.71. The topological polar surface area (TPSA) is 63.8 Å². The Labute approximate surface area is 104 Å². The van der Waals surface area contributed by atoms with Crippen molar-refractivity contribution in [2.75, 3.05) is 0 Å². The van der Waals surface area contributed by atoms with Gasteiger partial charge in [-0.2, -0.15) is 5.10 Å². The number of hydrogen-bond acceptors (Lipinski definition) is 5. The highest BCUT2D eigenvalue weighted by Crippen LogP contribution is 2.25. The standard InChI is InChI=1S/C11H14N4OS/c1-3-10(16)9-5-4-8(6-12-9)17-11-13-7-14-15(11)2/h4-7,10,16H,3H2,1-2H3. The number of aliphatic hydroxyl groups excluding tert-OH is 1. The summed E-state index contributed by atoms with van der Waals surface area (Å²) in [5, 5.41) is 14.4. The van der Waals surface area contributed by atoms with Crippen molar-refractivity contribution in [2.45, 2.75) is 29.5 Å². The van der Waals surface area contributed by atoms with E-state index in [0.29, 0.717) is 12.1 Å². The van der Waals surface area contributed by atoms with Gasteiger partial charge in [0.15, 0.2) is 5.16 Å². The fourth-order valence-corrected chi connectivity index (χ4v) is 2.07. The van der Waals surface area contributed by atoms with Crippen LogP contribution >= 0.6 is 11.8 Å². The lowest BCUT2D eigenvalue weighted by Crippen LogP contribution is -1.98. The van der Waals surface area contributed by atoms with Crippen molar-refractivity contribution in [3.05, 3.63) is 30.4 Å². The van der Waals surface area contributed by atoms with Gasteiger partial charge in [-0.15, -0.1) is 0 Å². The van der Waals surface area contributed by atoms with Gasteiger partial charge in [-0.3, -0.25) is 4.98 Å². The van der Waals surface area contributed by atoms with Crippen molar-refractivity contribution in [1.29, 1.82) is 0 Å². The van der Waals surface area contributed by atoms with Gasteiger partial charge < -0.3 is 5.11 Å². The van der Waals surface area contributed by atoms with Gasteiger partial charge in [0.05, 0.1) is 11.8 Å². The molecule has 0 amide bonds. The molecule has 2 aromatic rings. The highest BCUT2D eigenvalue weighted by atomic mass is 32.2. The Bertz CT molecular complexity index is 482. The van der Waals surface area contributed by atoms with Gasteiger partial charge in [0.25, 0.3) is 0 Å². The fourth-order valence-electron chi connectivity index (χ4n) is 1.34. The van der Waals surface area contributed by atoms with Crippen molar-refractivity contribution < 1.29 is 5.11 Å². The Morgan fingerprint density at radius 2 is 2.24 bits per heavy atom. The summed E-state index contributed by atoms with van der Waals surface area (Å²) in [5.74, 6) is 0. The molecule has 0 aromatic carbocycles. The Morgan fingerprint density at radius 1 is 1.41 bits per heavy atom. The highest BCUT2D eigenvalue weighted by Gasteiger charge is 2.07. The molecule has 0 saturated carbocycles. The van der Waals surface area contributed by atoms with Crippen LogP contribution in [0.1, 0.15) is 25.1 Å². The highest BCUT2D eigenvalue weighted by molar-refractivity contribution is 7.99. The van der Waals surface area contributed by atoms with Gasteiger partial charge in [-0.1, -0.05) is 6.92 Å². The molecule has 0 aliphatic rings. The largest absolute Gasteiger partial charge is 0.387 e. The van der Waals surface area contributed by atoms with Crippen molar-refractivity contribution in [3.8, 4) is 0 Å². The van der Waals surface area contributed by atoms with Crippen LogP contribution in [0.4, 0.5) is 0 Å². The fraction of sp³-hybridized carbons (Fsp3) is 0.364.